The minimum Gasteiger partial charge on any atom is -0.475 e. The van der Waals surface area contributed by atoms with Crippen molar-refractivity contribution in [2.45, 2.75) is 12.5 Å². The Morgan fingerprint density at radius 1 is 1.28 bits per heavy atom. The van der Waals surface area contributed by atoms with Crippen molar-refractivity contribution in [3.05, 3.63) is 53.9 Å². The number of carbonyl (C=O) groups is 2. The minimum absolute atomic E-state index is 0.0552. The fourth-order valence-corrected chi connectivity index (χ4v) is 2.87. The molecule has 0 saturated heterocycles. The van der Waals surface area contributed by atoms with Gasteiger partial charge in [-0.05, 0) is 42.7 Å². The van der Waals surface area contributed by atoms with Crippen molar-refractivity contribution < 1.29 is 19.1 Å². The van der Waals surface area contributed by atoms with Crippen molar-refractivity contribution in [3.63, 3.8) is 0 Å². The van der Waals surface area contributed by atoms with Gasteiger partial charge in [-0.2, -0.15) is 11.8 Å². The van der Waals surface area contributed by atoms with Crippen molar-refractivity contribution in [2.24, 2.45) is 0 Å². The van der Waals surface area contributed by atoms with E-state index < -0.39 is 11.9 Å². The van der Waals surface area contributed by atoms with Gasteiger partial charge in [0.05, 0.1) is 6.04 Å². The minimum atomic E-state index is -1.22. The fourth-order valence-electron chi connectivity index (χ4n) is 2.40. The maximum atomic E-state index is 12.4. The highest BCUT2D eigenvalue weighted by Gasteiger charge is 2.23. The van der Waals surface area contributed by atoms with E-state index in [0.29, 0.717) is 17.9 Å². The molecule has 3 aromatic heterocycles. The summed E-state index contributed by atoms with van der Waals surface area (Å²) in [5.41, 5.74) is 0.687. The molecule has 0 fully saturated rings. The molecule has 3 aromatic rings. The zero-order valence-corrected chi connectivity index (χ0v) is 14.2. The lowest BCUT2D eigenvalue weighted by atomic mass is 10.2. The number of amides is 1. The van der Waals surface area contributed by atoms with Crippen LogP contribution in [0.1, 0.15) is 39.4 Å². The van der Waals surface area contributed by atoms with Crippen LogP contribution in [-0.2, 0) is 0 Å². The van der Waals surface area contributed by atoms with Crippen molar-refractivity contribution in [1.82, 2.24) is 19.9 Å². The van der Waals surface area contributed by atoms with Crippen LogP contribution in [-0.4, -0.2) is 43.6 Å². The molecule has 0 aliphatic rings. The van der Waals surface area contributed by atoms with Crippen LogP contribution in [0.3, 0.4) is 0 Å². The van der Waals surface area contributed by atoms with Crippen LogP contribution in [0.25, 0.3) is 5.65 Å². The van der Waals surface area contributed by atoms with Crippen molar-refractivity contribution in [2.75, 3.05) is 12.0 Å². The molecule has 0 aromatic carbocycles. The number of carbonyl (C=O) groups excluding carboxylic acids is 1. The lowest BCUT2D eigenvalue weighted by Crippen LogP contribution is -2.30. The Morgan fingerprint density at radius 2 is 2.08 bits per heavy atom. The number of aromatic nitrogens is 3. The Morgan fingerprint density at radius 3 is 2.80 bits per heavy atom. The first-order chi connectivity index (χ1) is 12.1. The van der Waals surface area contributed by atoms with Crippen molar-refractivity contribution in [1.29, 1.82) is 0 Å². The Balaban J connectivity index is 1.85. The van der Waals surface area contributed by atoms with E-state index in [1.165, 1.54) is 12.1 Å². The molecule has 0 aliphatic heterocycles. The van der Waals surface area contributed by atoms with Crippen molar-refractivity contribution in [3.8, 4) is 0 Å². The van der Waals surface area contributed by atoms with Gasteiger partial charge in [-0.25, -0.2) is 4.79 Å². The standard InChI is InChI=1S/C16H16N4O4S/c1-25-9-7-10(14-19-18-13-4-2-3-8-20(13)14)17-15(21)11-5-6-12(24-11)16(22)23/h2-6,8,10H,7,9H2,1H3,(H,17,21)(H,22,23). The highest BCUT2D eigenvalue weighted by molar-refractivity contribution is 7.98. The molecule has 130 valence electrons. The monoisotopic (exact) mass is 360 g/mol. The Labute approximate surface area is 147 Å². The Kier molecular flexibility index (Phi) is 5.03. The molecule has 2 N–H and O–H groups in total. The van der Waals surface area contributed by atoms with Gasteiger partial charge in [-0.1, -0.05) is 6.07 Å². The van der Waals surface area contributed by atoms with Crippen LogP contribution in [0.2, 0.25) is 0 Å². The van der Waals surface area contributed by atoms with E-state index in [1.54, 1.807) is 11.8 Å². The first kappa shape index (κ1) is 17.0. The molecular formula is C16H16N4O4S. The third-order valence-electron chi connectivity index (χ3n) is 3.61. The van der Waals surface area contributed by atoms with E-state index in [9.17, 15) is 9.59 Å². The number of nitrogens with one attached hydrogen (secondary N) is 1. The van der Waals surface area contributed by atoms with Gasteiger partial charge in [0.25, 0.3) is 5.91 Å². The molecule has 1 unspecified atom stereocenters. The van der Waals surface area contributed by atoms with Gasteiger partial charge in [0.1, 0.15) is 0 Å². The molecule has 1 atom stereocenters. The van der Waals surface area contributed by atoms with E-state index >= 15 is 0 Å². The van der Waals surface area contributed by atoms with Crippen LogP contribution in [0.5, 0.6) is 0 Å². The summed E-state index contributed by atoms with van der Waals surface area (Å²) in [4.78, 5) is 23.3. The van der Waals surface area contributed by atoms with Crippen molar-refractivity contribution >= 4 is 29.3 Å². The number of hydrogen-bond acceptors (Lipinski definition) is 6. The van der Waals surface area contributed by atoms with Gasteiger partial charge in [-0.15, -0.1) is 10.2 Å². The molecule has 0 aliphatic carbocycles. The highest BCUT2D eigenvalue weighted by atomic mass is 32.2. The maximum Gasteiger partial charge on any atom is 0.371 e. The number of aromatic carboxylic acids is 1. The zero-order valence-electron chi connectivity index (χ0n) is 13.4. The molecule has 3 heterocycles. The molecule has 1 amide bonds. The van der Waals surface area contributed by atoms with E-state index in [-0.39, 0.29) is 17.6 Å². The topological polar surface area (TPSA) is 110 Å². The van der Waals surface area contributed by atoms with E-state index in [4.69, 9.17) is 9.52 Å². The van der Waals surface area contributed by atoms with Gasteiger partial charge >= 0.3 is 5.97 Å². The second kappa shape index (κ2) is 7.39. The number of carboxylic acid groups (broad SMARTS) is 1. The lowest BCUT2D eigenvalue weighted by Gasteiger charge is -2.16. The highest BCUT2D eigenvalue weighted by Crippen LogP contribution is 2.19. The second-order valence-electron chi connectivity index (χ2n) is 5.26. The summed E-state index contributed by atoms with van der Waals surface area (Å²) in [6.07, 6.45) is 4.46. The third kappa shape index (κ3) is 3.66. The number of carboxylic acids is 1. The third-order valence-corrected chi connectivity index (χ3v) is 4.25. The average Bonchev–Trinajstić information content (AvgIpc) is 3.25. The van der Waals surface area contributed by atoms with Gasteiger partial charge in [0.2, 0.25) is 5.76 Å². The van der Waals surface area contributed by atoms with Crippen LogP contribution in [0.15, 0.2) is 40.9 Å². The number of hydrogen-bond donors (Lipinski definition) is 2. The fraction of sp³-hybridized carbons (Fsp3) is 0.250. The van der Waals surface area contributed by atoms with E-state index in [2.05, 4.69) is 15.5 Å². The lowest BCUT2D eigenvalue weighted by molar-refractivity contribution is 0.0659. The molecule has 0 saturated carbocycles. The van der Waals surface area contributed by atoms with E-state index in [1.807, 2.05) is 35.1 Å². The molecule has 9 heteroatoms. The second-order valence-corrected chi connectivity index (χ2v) is 6.25. The van der Waals surface area contributed by atoms with Crippen LogP contribution >= 0.6 is 11.8 Å². The van der Waals surface area contributed by atoms with Crippen LogP contribution < -0.4 is 5.32 Å². The summed E-state index contributed by atoms with van der Waals surface area (Å²) in [6.45, 7) is 0. The summed E-state index contributed by atoms with van der Waals surface area (Å²) in [5.74, 6) is -0.625. The SMILES string of the molecule is CSCCC(NC(=O)c1ccc(C(=O)O)o1)c1nnc2ccccn12. The molecule has 8 nitrogen and oxygen atoms in total. The van der Waals surface area contributed by atoms with Crippen LogP contribution in [0, 0.1) is 0 Å². The number of fused-ring (bicyclic) bond motifs is 1. The summed E-state index contributed by atoms with van der Waals surface area (Å²) in [7, 11) is 0. The summed E-state index contributed by atoms with van der Waals surface area (Å²) in [6, 6.07) is 7.76. The zero-order chi connectivity index (χ0) is 17.8. The quantitative estimate of drug-likeness (QED) is 0.665. The van der Waals surface area contributed by atoms with Gasteiger partial charge in [-0.3, -0.25) is 9.20 Å². The largest absolute Gasteiger partial charge is 0.475 e. The number of thioether (sulfide) groups is 1. The predicted octanol–water partition coefficient (Wildman–Crippen LogP) is 2.24. The summed E-state index contributed by atoms with van der Waals surface area (Å²) < 4.78 is 6.87. The number of furan rings is 1. The van der Waals surface area contributed by atoms with E-state index in [0.717, 1.165) is 5.75 Å². The number of pyridine rings is 1. The normalized spacial score (nSPS) is 12.2. The number of nitrogens with zero attached hydrogens (tertiary/aromatic N) is 3. The summed E-state index contributed by atoms with van der Waals surface area (Å²) in [5, 5.41) is 20.1. The predicted molar refractivity (Wildman–Crippen MR) is 91.9 cm³/mol. The maximum absolute atomic E-state index is 12.4. The van der Waals surface area contributed by atoms with Gasteiger partial charge in [0, 0.05) is 6.20 Å². The molecule has 0 radical (unpaired) electrons. The molecule has 3 rings (SSSR count). The molecule has 25 heavy (non-hydrogen) atoms. The summed E-state index contributed by atoms with van der Waals surface area (Å²) >= 11 is 1.65. The molecule has 0 bridgehead atoms. The first-order valence-electron chi connectivity index (χ1n) is 7.52. The molecular weight excluding hydrogens is 344 g/mol. The van der Waals surface area contributed by atoms with Gasteiger partial charge < -0.3 is 14.8 Å². The smallest absolute Gasteiger partial charge is 0.371 e. The molecule has 0 spiro atoms. The first-order valence-corrected chi connectivity index (χ1v) is 8.92. The Hall–Kier alpha value is -2.81. The van der Waals surface area contributed by atoms with Crippen LogP contribution in [0.4, 0.5) is 0 Å². The number of rotatable bonds is 7. The Bertz CT molecular complexity index is 904. The average molecular weight is 360 g/mol. The van der Waals surface area contributed by atoms with Gasteiger partial charge in [0.15, 0.2) is 17.2 Å².